The molecule has 0 aliphatic carbocycles. The number of carbonyl (C=O) groups excluding carboxylic acids is 2. The van der Waals surface area contributed by atoms with E-state index in [0.717, 1.165) is 12.8 Å². The summed E-state index contributed by atoms with van der Waals surface area (Å²) in [5.74, 6) is -1.65. The fourth-order valence-corrected chi connectivity index (χ4v) is 11.8. The Kier molecular flexibility index (Phi) is 15.1. The van der Waals surface area contributed by atoms with Crippen LogP contribution >= 0.6 is 0 Å². The number of pyridine rings is 1. The number of piperazine rings is 1. The normalized spacial score (nSPS) is 19.8. The molecule has 11 rings (SSSR count). The molecule has 4 fully saturated rings. The highest BCUT2D eigenvalue weighted by Crippen LogP contribution is 2.40. The highest BCUT2D eigenvalue weighted by Gasteiger charge is 2.42. The van der Waals surface area contributed by atoms with Crippen LogP contribution in [0.25, 0.3) is 44.1 Å². The van der Waals surface area contributed by atoms with E-state index in [4.69, 9.17) is 25.4 Å². The molecule has 3 aromatic heterocycles. The molecule has 0 saturated carbocycles. The fraction of sp³-hybridized carbons (Fsp3) is 0.400. The molecule has 4 saturated heterocycles. The van der Waals surface area contributed by atoms with Crippen LogP contribution in [0.2, 0.25) is 0 Å². The van der Waals surface area contributed by atoms with Crippen molar-refractivity contribution in [3.05, 3.63) is 119 Å². The van der Waals surface area contributed by atoms with Crippen molar-refractivity contribution in [3.8, 4) is 52.4 Å². The quantitative estimate of drug-likeness (QED) is 0.0618. The predicted molar refractivity (Wildman–Crippen MR) is 290 cm³/mol. The van der Waals surface area contributed by atoms with E-state index in [1.165, 1.54) is 54.7 Å². The van der Waals surface area contributed by atoms with E-state index in [0.29, 0.717) is 79.8 Å². The molecule has 5 atom stereocenters. The molecule has 416 valence electrons. The van der Waals surface area contributed by atoms with Gasteiger partial charge in [0.1, 0.15) is 71.1 Å². The van der Waals surface area contributed by atoms with Crippen LogP contribution in [0, 0.1) is 41.5 Å². The number of rotatable bonds is 16. The van der Waals surface area contributed by atoms with Gasteiger partial charge in [0.05, 0.1) is 22.6 Å². The van der Waals surface area contributed by atoms with Crippen LogP contribution in [0.15, 0.2) is 83.5 Å². The minimum atomic E-state index is -1.70. The lowest BCUT2D eigenvalue weighted by molar-refractivity contribution is -0.141. The van der Waals surface area contributed by atoms with E-state index < -0.39 is 46.9 Å². The number of amides is 2. The zero-order valence-electron chi connectivity index (χ0n) is 44.5. The second-order valence-corrected chi connectivity index (χ2v) is 21.8. The summed E-state index contributed by atoms with van der Waals surface area (Å²) in [6.45, 7) is 8.07. The Hall–Kier alpha value is -7.89. The molecule has 3 N–H and O–H groups in total. The lowest BCUT2D eigenvalue weighted by Crippen LogP contribution is -2.51. The molecule has 80 heavy (non-hydrogen) atoms. The smallest absolute Gasteiger partial charge is 0.319 e. The molecule has 20 heteroatoms. The lowest BCUT2D eigenvalue weighted by Gasteiger charge is -2.35. The van der Waals surface area contributed by atoms with Crippen molar-refractivity contribution in [2.75, 3.05) is 57.4 Å². The minimum absolute atomic E-state index is 0.0312. The summed E-state index contributed by atoms with van der Waals surface area (Å²) in [6.07, 6.45) is 10.5. The molecule has 7 aromatic rings. The first-order chi connectivity index (χ1) is 38.5. The Labute approximate surface area is 458 Å². The first-order valence-corrected chi connectivity index (χ1v) is 27.1. The number of fused-ring (bicyclic) bond motifs is 4. The number of hydrogen-bond donors (Lipinski definition) is 3. The summed E-state index contributed by atoms with van der Waals surface area (Å²) in [4.78, 5) is 47.6. The second kappa shape index (κ2) is 22.3. The number of benzene rings is 4. The summed E-state index contributed by atoms with van der Waals surface area (Å²) >= 11 is 0. The van der Waals surface area contributed by atoms with Gasteiger partial charge in [-0.1, -0.05) is 56.2 Å². The summed E-state index contributed by atoms with van der Waals surface area (Å²) in [6, 6.07) is 16.4. The van der Waals surface area contributed by atoms with Crippen LogP contribution < -0.4 is 25.0 Å². The number of hydrogen-bond acceptors (Lipinski definition) is 13. The van der Waals surface area contributed by atoms with Crippen molar-refractivity contribution in [1.82, 2.24) is 40.5 Å². The van der Waals surface area contributed by atoms with E-state index in [2.05, 4.69) is 36.6 Å². The molecule has 0 radical (unpaired) electrons. The SMILES string of the molecule is C#Cc1c(F)ccc2cc(O)cc(-c3ncc4c(N5CC6CCC(C5)N6)nc(OCCN5CCC(F)(COc6cc(C(C(=O)N7CCCC7C(=O)NC(C)c7ccc(-c8c(F)cccc8F)cc7)C(C)C)on6)CC5)nc4c3F)c12. The number of terminal acetylenes is 1. The molecule has 7 heterocycles. The number of anilines is 1. The molecule has 2 bridgehead atoms. The number of piperidine rings is 1. The van der Waals surface area contributed by atoms with Gasteiger partial charge in [-0.05, 0) is 103 Å². The maximum atomic E-state index is 17.1. The van der Waals surface area contributed by atoms with Gasteiger partial charge in [-0.15, -0.1) is 6.42 Å². The fourth-order valence-electron chi connectivity index (χ4n) is 11.8. The summed E-state index contributed by atoms with van der Waals surface area (Å²) in [5, 5.41) is 22.3. The average Bonchev–Trinajstić information content (AvgIpc) is 4.26. The Morgan fingerprint density at radius 1 is 0.925 bits per heavy atom. The molecule has 4 aliphatic heterocycles. The summed E-state index contributed by atoms with van der Waals surface area (Å²) in [7, 11) is 0. The van der Waals surface area contributed by atoms with E-state index in [1.807, 2.05) is 18.7 Å². The number of aromatic nitrogens is 4. The second-order valence-electron chi connectivity index (χ2n) is 21.8. The molecule has 15 nitrogen and oxygen atoms in total. The summed E-state index contributed by atoms with van der Waals surface area (Å²) in [5.41, 5.74) is -1.00. The standard InChI is InChI=1S/C60H60F5N9O6/c1-5-41-44(61)18-15-37-26-40(75)27-42(51(37)41)54-53(64)55-43(29-66-54)56(73-30-38-16-17-39(31-73)68-38)70-59(69-55)78-25-24-72-22-19-60(65,20-23-72)32-79-49-28-48(80-71-49)50(33(2)3)58(77)74-21-7-10-47(74)57(76)67-34(4)35-11-13-36(14-12-35)52-45(62)8-6-9-46(52)63/h1,6,8-9,11-15,18,26-29,33-34,38-39,47,50,68,75H,7,10,16-17,19-25,30-32H2,2-4H3,(H,67,76). The monoisotopic (exact) mass is 1100 g/mol. The van der Waals surface area contributed by atoms with Crippen LogP contribution in [0.5, 0.6) is 17.6 Å². The molecular formula is C60H60F5N9O6. The van der Waals surface area contributed by atoms with Crippen LogP contribution in [0.1, 0.15) is 88.1 Å². The van der Waals surface area contributed by atoms with Crippen molar-refractivity contribution in [2.24, 2.45) is 5.92 Å². The number of aromatic hydroxyl groups is 1. The Bertz CT molecular complexity index is 3500. The van der Waals surface area contributed by atoms with Crippen molar-refractivity contribution in [3.63, 3.8) is 0 Å². The highest BCUT2D eigenvalue weighted by molar-refractivity contribution is 6.03. The van der Waals surface area contributed by atoms with Gasteiger partial charge in [-0.25, -0.2) is 22.0 Å². The zero-order valence-corrected chi connectivity index (χ0v) is 44.5. The summed E-state index contributed by atoms with van der Waals surface area (Å²) < 4.78 is 95.1. The molecular weight excluding hydrogens is 1040 g/mol. The van der Waals surface area contributed by atoms with Crippen molar-refractivity contribution in [2.45, 2.75) is 95.1 Å². The number of likely N-dealkylation sites (tertiary alicyclic amines) is 2. The van der Waals surface area contributed by atoms with E-state index in [9.17, 15) is 23.5 Å². The number of ether oxygens (including phenoxy) is 2. The van der Waals surface area contributed by atoms with Crippen LogP contribution in [0.4, 0.5) is 27.8 Å². The van der Waals surface area contributed by atoms with E-state index >= 15 is 13.2 Å². The predicted octanol–water partition coefficient (Wildman–Crippen LogP) is 9.55. The van der Waals surface area contributed by atoms with Crippen molar-refractivity contribution >= 4 is 39.3 Å². The molecule has 0 spiro atoms. The largest absolute Gasteiger partial charge is 0.508 e. The number of nitrogens with zero attached hydrogens (tertiary/aromatic N) is 7. The number of phenolic OH excluding ortho intramolecular Hbond substituents is 1. The maximum absolute atomic E-state index is 17.1. The van der Waals surface area contributed by atoms with Gasteiger partial charge in [0.2, 0.25) is 11.8 Å². The maximum Gasteiger partial charge on any atom is 0.319 e. The van der Waals surface area contributed by atoms with Crippen molar-refractivity contribution in [1.29, 1.82) is 0 Å². The van der Waals surface area contributed by atoms with Gasteiger partial charge in [0.15, 0.2) is 11.6 Å². The third-order valence-electron chi connectivity index (χ3n) is 16.1. The van der Waals surface area contributed by atoms with Gasteiger partial charge >= 0.3 is 6.01 Å². The van der Waals surface area contributed by atoms with Crippen molar-refractivity contribution < 1.29 is 50.6 Å². The number of halogens is 5. The van der Waals surface area contributed by atoms with Gasteiger partial charge in [0.25, 0.3) is 5.88 Å². The van der Waals surface area contributed by atoms with Gasteiger partial charge in [-0.3, -0.25) is 19.5 Å². The van der Waals surface area contributed by atoms with Gasteiger partial charge in [0, 0.05) is 74.6 Å². The molecule has 4 aromatic carbocycles. The Morgan fingerprint density at radius 3 is 2.38 bits per heavy atom. The highest BCUT2D eigenvalue weighted by atomic mass is 19.2. The zero-order chi connectivity index (χ0) is 56.0. The third kappa shape index (κ3) is 10.8. The topological polar surface area (TPSA) is 171 Å². The minimum Gasteiger partial charge on any atom is -0.508 e. The van der Waals surface area contributed by atoms with Crippen LogP contribution in [0.3, 0.4) is 0 Å². The van der Waals surface area contributed by atoms with Gasteiger partial charge < -0.3 is 39.5 Å². The first kappa shape index (κ1) is 54.1. The number of alkyl halides is 1. The number of nitrogens with one attached hydrogen (secondary N) is 2. The van der Waals surface area contributed by atoms with Gasteiger partial charge in [-0.2, -0.15) is 9.97 Å². The molecule has 2 amide bonds. The average molecular weight is 1100 g/mol. The lowest BCUT2D eigenvalue weighted by atomic mass is 9.91. The number of carbonyl (C=O) groups is 2. The number of phenols is 1. The Balaban J connectivity index is 0.708. The first-order valence-electron chi connectivity index (χ1n) is 27.1. The molecule has 4 aliphatic rings. The third-order valence-corrected chi connectivity index (χ3v) is 16.1. The van der Waals surface area contributed by atoms with Crippen LogP contribution in [-0.2, 0) is 9.59 Å². The Morgan fingerprint density at radius 2 is 1.66 bits per heavy atom. The molecule has 5 unspecified atom stereocenters. The van der Waals surface area contributed by atoms with E-state index in [-0.39, 0.29) is 113 Å². The van der Waals surface area contributed by atoms with Crippen LogP contribution in [-0.4, -0.2) is 123 Å². The van der Waals surface area contributed by atoms with E-state index in [1.54, 1.807) is 36.1 Å².